The number of rotatable bonds is 3. The molecule has 0 radical (unpaired) electrons. The molecule has 1 rings (SSSR count). The molecule has 0 unspecified atom stereocenters. The molecule has 0 saturated carbocycles. The van der Waals surface area contributed by atoms with Crippen LogP contribution in [0, 0.1) is 0 Å². The topological polar surface area (TPSA) is 88.6 Å². The monoisotopic (exact) mass is 239 g/mol. The molecule has 1 heterocycles. The lowest BCUT2D eigenvalue weighted by Gasteiger charge is -2.03. The summed E-state index contributed by atoms with van der Waals surface area (Å²) in [6.07, 6.45) is 4.03. The zero-order valence-electron chi connectivity index (χ0n) is 8.51. The van der Waals surface area contributed by atoms with Crippen molar-refractivity contribution in [3.8, 4) is 0 Å². The maximum absolute atomic E-state index is 10.7. The summed E-state index contributed by atoms with van der Waals surface area (Å²) >= 11 is 5.79. The second-order valence-corrected chi connectivity index (χ2v) is 3.27. The van der Waals surface area contributed by atoms with Gasteiger partial charge in [-0.05, 0) is 6.07 Å². The van der Waals surface area contributed by atoms with Crippen molar-refractivity contribution in [2.75, 3.05) is 7.05 Å². The minimum Gasteiger partial charge on any atom is -0.478 e. The van der Waals surface area contributed by atoms with E-state index < -0.39 is 5.97 Å². The Morgan fingerprint density at radius 2 is 2.38 bits per heavy atom. The molecule has 0 fully saturated rings. The Hall–Kier alpha value is -1.88. The summed E-state index contributed by atoms with van der Waals surface area (Å²) in [5.74, 6) is -1.12. The molecule has 5 nitrogen and oxygen atoms in total. The number of carbonyl (C=O) groups is 1. The average molecular weight is 240 g/mol. The van der Waals surface area contributed by atoms with Crippen LogP contribution in [0.15, 0.2) is 23.5 Å². The second kappa shape index (κ2) is 5.27. The van der Waals surface area contributed by atoms with Crippen molar-refractivity contribution < 1.29 is 9.90 Å². The molecular formula is C10H10ClN3O2. The van der Waals surface area contributed by atoms with Crippen LogP contribution >= 0.6 is 11.6 Å². The van der Waals surface area contributed by atoms with Gasteiger partial charge >= 0.3 is 5.97 Å². The highest BCUT2D eigenvalue weighted by atomic mass is 35.5. The Kier molecular flexibility index (Phi) is 4.02. The largest absolute Gasteiger partial charge is 0.478 e. The molecule has 3 N–H and O–H groups in total. The van der Waals surface area contributed by atoms with Crippen LogP contribution in [-0.4, -0.2) is 29.3 Å². The number of aliphatic imine (C=N–C) groups is 1. The average Bonchev–Trinajstić information content (AvgIpc) is 2.25. The second-order valence-electron chi connectivity index (χ2n) is 2.86. The van der Waals surface area contributed by atoms with E-state index in [0.29, 0.717) is 11.3 Å². The van der Waals surface area contributed by atoms with Gasteiger partial charge in [0.1, 0.15) is 0 Å². The molecular weight excluding hydrogens is 230 g/mol. The van der Waals surface area contributed by atoms with E-state index in [9.17, 15) is 4.79 Å². The van der Waals surface area contributed by atoms with Gasteiger partial charge in [-0.25, -0.2) is 4.79 Å². The smallest absolute Gasteiger partial charge is 0.338 e. The van der Waals surface area contributed by atoms with E-state index in [0.717, 1.165) is 0 Å². The first kappa shape index (κ1) is 12.2. The van der Waals surface area contributed by atoms with Crippen molar-refractivity contribution in [1.29, 1.82) is 0 Å². The van der Waals surface area contributed by atoms with E-state index in [1.165, 1.54) is 24.7 Å². The Bertz CT molecular complexity index is 469. The summed E-state index contributed by atoms with van der Waals surface area (Å²) in [6.45, 7) is 0. The van der Waals surface area contributed by atoms with Gasteiger partial charge in [-0.2, -0.15) is 0 Å². The molecule has 0 aliphatic carbocycles. The highest BCUT2D eigenvalue weighted by Crippen LogP contribution is 2.19. The minimum absolute atomic E-state index is 0.0461. The molecule has 0 aliphatic rings. The summed E-state index contributed by atoms with van der Waals surface area (Å²) in [7, 11) is 1.59. The molecule has 6 heteroatoms. The molecule has 0 amide bonds. The third-order valence-electron chi connectivity index (χ3n) is 1.83. The molecule has 1 aromatic heterocycles. The number of pyridine rings is 1. The zero-order valence-corrected chi connectivity index (χ0v) is 9.27. The standard InChI is InChI=1S/C10H10ClN3O2/c1-13-4-6(3-12)9-2-8(11)7(5-14-9)10(15)16/h2-5H,12H2,1H3,(H,15,16). The van der Waals surface area contributed by atoms with Crippen LogP contribution in [0.3, 0.4) is 0 Å². The van der Waals surface area contributed by atoms with E-state index in [1.807, 2.05) is 0 Å². The van der Waals surface area contributed by atoms with Gasteiger partial charge in [0.25, 0.3) is 0 Å². The number of carboxylic acids is 1. The Morgan fingerprint density at radius 3 is 2.81 bits per heavy atom. The predicted molar refractivity (Wildman–Crippen MR) is 62.8 cm³/mol. The number of carboxylic acid groups (broad SMARTS) is 1. The van der Waals surface area contributed by atoms with E-state index in [-0.39, 0.29) is 10.6 Å². The Labute approximate surface area is 97.3 Å². The Balaban J connectivity index is 3.20. The minimum atomic E-state index is -1.12. The quantitative estimate of drug-likeness (QED) is 0.781. The van der Waals surface area contributed by atoms with Gasteiger partial charge in [0.05, 0.1) is 16.3 Å². The van der Waals surface area contributed by atoms with Gasteiger partial charge in [0.15, 0.2) is 0 Å². The molecule has 0 aromatic carbocycles. The van der Waals surface area contributed by atoms with Crippen molar-refractivity contribution in [1.82, 2.24) is 4.98 Å². The number of nitrogens with zero attached hydrogens (tertiary/aromatic N) is 2. The van der Waals surface area contributed by atoms with Gasteiger partial charge in [0, 0.05) is 31.2 Å². The molecule has 0 aliphatic heterocycles. The summed E-state index contributed by atoms with van der Waals surface area (Å²) < 4.78 is 0. The fourth-order valence-electron chi connectivity index (χ4n) is 1.08. The third-order valence-corrected chi connectivity index (χ3v) is 2.14. The van der Waals surface area contributed by atoms with Crippen molar-refractivity contribution in [2.24, 2.45) is 10.7 Å². The lowest BCUT2D eigenvalue weighted by molar-refractivity contribution is 0.0696. The molecule has 0 bridgehead atoms. The Morgan fingerprint density at radius 1 is 1.69 bits per heavy atom. The summed E-state index contributed by atoms with van der Waals surface area (Å²) in [5.41, 5.74) is 6.39. The fourth-order valence-corrected chi connectivity index (χ4v) is 1.31. The molecule has 0 spiro atoms. The maximum atomic E-state index is 10.7. The molecule has 0 saturated heterocycles. The van der Waals surface area contributed by atoms with Gasteiger partial charge in [-0.1, -0.05) is 11.6 Å². The highest BCUT2D eigenvalue weighted by Gasteiger charge is 2.11. The first-order valence-electron chi connectivity index (χ1n) is 4.33. The van der Waals surface area contributed by atoms with Crippen molar-refractivity contribution >= 4 is 29.4 Å². The number of hydrogen-bond acceptors (Lipinski definition) is 4. The molecule has 0 atom stereocenters. The van der Waals surface area contributed by atoms with E-state index >= 15 is 0 Å². The van der Waals surface area contributed by atoms with Gasteiger partial charge in [-0.3, -0.25) is 9.98 Å². The van der Waals surface area contributed by atoms with E-state index in [4.69, 9.17) is 22.4 Å². The number of hydrogen-bond donors (Lipinski definition) is 2. The maximum Gasteiger partial charge on any atom is 0.338 e. The van der Waals surface area contributed by atoms with E-state index in [2.05, 4.69) is 9.98 Å². The van der Waals surface area contributed by atoms with Gasteiger partial charge in [-0.15, -0.1) is 0 Å². The van der Waals surface area contributed by atoms with Gasteiger partial charge < -0.3 is 10.8 Å². The van der Waals surface area contributed by atoms with Crippen molar-refractivity contribution in [2.45, 2.75) is 0 Å². The number of halogens is 1. The van der Waals surface area contributed by atoms with Crippen LogP contribution in [0.5, 0.6) is 0 Å². The van der Waals surface area contributed by atoms with Crippen LogP contribution in [0.25, 0.3) is 5.57 Å². The van der Waals surface area contributed by atoms with Crippen LogP contribution in [-0.2, 0) is 0 Å². The first-order chi connectivity index (χ1) is 7.60. The molecule has 84 valence electrons. The number of nitrogens with two attached hydrogens (primary N) is 1. The third kappa shape index (κ3) is 2.58. The van der Waals surface area contributed by atoms with Gasteiger partial charge in [0.2, 0.25) is 0 Å². The van der Waals surface area contributed by atoms with Crippen LogP contribution in [0.4, 0.5) is 0 Å². The fraction of sp³-hybridized carbons (Fsp3) is 0.100. The zero-order chi connectivity index (χ0) is 12.1. The summed E-state index contributed by atoms with van der Waals surface area (Å²) in [4.78, 5) is 18.5. The lowest BCUT2D eigenvalue weighted by atomic mass is 10.1. The molecule has 16 heavy (non-hydrogen) atoms. The molecule has 1 aromatic rings. The first-order valence-corrected chi connectivity index (χ1v) is 4.71. The number of aromatic nitrogens is 1. The predicted octanol–water partition coefficient (Wildman–Crippen LogP) is 1.43. The lowest BCUT2D eigenvalue weighted by Crippen LogP contribution is -2.01. The van der Waals surface area contributed by atoms with Crippen molar-refractivity contribution in [3.05, 3.63) is 34.7 Å². The highest BCUT2D eigenvalue weighted by molar-refractivity contribution is 6.33. The summed E-state index contributed by atoms with van der Waals surface area (Å²) in [5, 5.41) is 8.88. The number of aromatic carboxylic acids is 1. The van der Waals surface area contributed by atoms with Crippen LogP contribution in [0.2, 0.25) is 5.02 Å². The van der Waals surface area contributed by atoms with E-state index in [1.54, 1.807) is 7.05 Å². The SMILES string of the molecule is CN=CC(=CN)c1cc(Cl)c(C(=O)O)cn1. The van der Waals surface area contributed by atoms with Crippen LogP contribution in [0.1, 0.15) is 16.1 Å². The number of allylic oxidation sites excluding steroid dienone is 1. The van der Waals surface area contributed by atoms with Crippen molar-refractivity contribution in [3.63, 3.8) is 0 Å². The summed E-state index contributed by atoms with van der Waals surface area (Å²) in [6, 6.07) is 1.44. The van der Waals surface area contributed by atoms with Crippen LogP contribution < -0.4 is 5.73 Å². The normalized spacial score (nSPS) is 12.0.